The minimum absolute atomic E-state index is 0.0680. The van der Waals surface area contributed by atoms with E-state index in [1.165, 1.54) is 0 Å². The number of hydrogen-bond acceptors (Lipinski definition) is 4. The van der Waals surface area contributed by atoms with E-state index in [2.05, 4.69) is 10.6 Å². The summed E-state index contributed by atoms with van der Waals surface area (Å²) in [5.74, 6) is -0.713. The average Bonchev–Trinajstić information content (AvgIpc) is 3.65. The van der Waals surface area contributed by atoms with Crippen LogP contribution >= 0.6 is 0 Å². The molecule has 2 N–H and O–H groups in total. The van der Waals surface area contributed by atoms with Crippen molar-refractivity contribution in [3.05, 3.63) is 70.8 Å². The second-order valence-corrected chi connectivity index (χ2v) is 11.3. The second kappa shape index (κ2) is 11.8. The number of carbonyl (C=O) groups is 3. The van der Waals surface area contributed by atoms with Gasteiger partial charge in [-0.25, -0.2) is 4.79 Å². The predicted molar refractivity (Wildman–Crippen MR) is 145 cm³/mol. The van der Waals surface area contributed by atoms with E-state index in [-0.39, 0.29) is 23.8 Å². The number of benzene rings is 2. The zero-order valence-electron chi connectivity index (χ0n) is 23.1. The van der Waals surface area contributed by atoms with E-state index in [1.54, 1.807) is 25.7 Å². The van der Waals surface area contributed by atoms with Crippen molar-refractivity contribution in [3.63, 3.8) is 0 Å². The smallest absolute Gasteiger partial charge is 0.408 e. The number of nitrogens with one attached hydrogen (secondary N) is 2. The maximum Gasteiger partial charge on any atom is 0.408 e. The Hall–Kier alpha value is -3.35. The lowest BCUT2D eigenvalue weighted by Crippen LogP contribution is -2.55. The van der Waals surface area contributed by atoms with Gasteiger partial charge in [0.2, 0.25) is 11.8 Å². The van der Waals surface area contributed by atoms with Crippen molar-refractivity contribution < 1.29 is 19.1 Å². The fourth-order valence-corrected chi connectivity index (χ4v) is 4.33. The van der Waals surface area contributed by atoms with E-state index in [9.17, 15) is 14.4 Å². The molecule has 1 aliphatic rings. The summed E-state index contributed by atoms with van der Waals surface area (Å²) in [4.78, 5) is 42.3. The topological polar surface area (TPSA) is 87.7 Å². The van der Waals surface area contributed by atoms with Gasteiger partial charge in [-0.2, -0.15) is 0 Å². The van der Waals surface area contributed by atoms with Crippen LogP contribution in [-0.2, 0) is 20.9 Å². The molecule has 7 heteroatoms. The first kappa shape index (κ1) is 28.2. The molecule has 0 radical (unpaired) electrons. The van der Waals surface area contributed by atoms with Gasteiger partial charge in [0, 0.05) is 12.6 Å². The highest BCUT2D eigenvalue weighted by Crippen LogP contribution is 2.37. The molecule has 0 spiro atoms. The van der Waals surface area contributed by atoms with Gasteiger partial charge in [-0.15, -0.1) is 0 Å². The first-order chi connectivity index (χ1) is 17.4. The molecule has 200 valence electrons. The van der Waals surface area contributed by atoms with E-state index < -0.39 is 23.8 Å². The Kier molecular flexibility index (Phi) is 9.00. The van der Waals surface area contributed by atoms with Gasteiger partial charge in [0.25, 0.3) is 0 Å². The highest BCUT2D eigenvalue weighted by molar-refractivity contribution is 5.93. The van der Waals surface area contributed by atoms with Crippen LogP contribution in [0.15, 0.2) is 48.5 Å². The third-order valence-corrected chi connectivity index (χ3v) is 6.37. The first-order valence-corrected chi connectivity index (χ1v) is 13.1. The number of carbonyl (C=O) groups excluding carboxylic acids is 3. The number of alkyl carbamates (subject to hydrolysis) is 1. The van der Waals surface area contributed by atoms with Crippen molar-refractivity contribution in [2.75, 3.05) is 0 Å². The summed E-state index contributed by atoms with van der Waals surface area (Å²) in [6.07, 6.45) is 0.985. The number of ether oxygens (including phenoxy) is 1. The third kappa shape index (κ3) is 7.81. The van der Waals surface area contributed by atoms with Crippen molar-refractivity contribution >= 4 is 17.9 Å². The van der Waals surface area contributed by atoms with Gasteiger partial charge in [0.05, 0.1) is 0 Å². The molecule has 0 bridgehead atoms. The molecule has 1 saturated carbocycles. The Morgan fingerprint density at radius 2 is 1.68 bits per heavy atom. The summed E-state index contributed by atoms with van der Waals surface area (Å²) in [5, 5.41) is 5.84. The van der Waals surface area contributed by atoms with Gasteiger partial charge in [0.15, 0.2) is 0 Å². The quantitative estimate of drug-likeness (QED) is 0.488. The third-order valence-electron chi connectivity index (χ3n) is 6.37. The van der Waals surface area contributed by atoms with Gasteiger partial charge in [-0.3, -0.25) is 9.59 Å². The second-order valence-electron chi connectivity index (χ2n) is 11.3. The fraction of sp³-hybridized carbons (Fsp3) is 0.500. The monoisotopic (exact) mass is 507 g/mol. The SMILES string of the molecule is Cc1ccc(C)c(C(C(=O)NCc2ccccc2)N(C(=O)C(NC(=O)OC(C)(C)C)C(C)C)C2CC2)c1. The highest BCUT2D eigenvalue weighted by Gasteiger charge is 2.45. The van der Waals surface area contributed by atoms with Crippen LogP contribution in [-0.4, -0.2) is 40.5 Å². The Labute approximate surface area is 221 Å². The average molecular weight is 508 g/mol. The van der Waals surface area contributed by atoms with E-state index in [4.69, 9.17) is 4.74 Å². The summed E-state index contributed by atoms with van der Waals surface area (Å²) >= 11 is 0. The minimum Gasteiger partial charge on any atom is -0.444 e. The Morgan fingerprint density at radius 1 is 1.03 bits per heavy atom. The Bertz CT molecular complexity index is 1100. The van der Waals surface area contributed by atoms with Crippen molar-refractivity contribution in [3.8, 4) is 0 Å². The zero-order chi connectivity index (χ0) is 27.3. The number of rotatable bonds is 9. The van der Waals surface area contributed by atoms with Gasteiger partial charge < -0.3 is 20.3 Å². The van der Waals surface area contributed by atoms with Gasteiger partial charge in [-0.05, 0) is 70.1 Å². The van der Waals surface area contributed by atoms with Crippen LogP contribution in [0.3, 0.4) is 0 Å². The molecule has 0 heterocycles. The molecule has 1 fully saturated rings. The molecule has 2 atom stereocenters. The molecule has 0 aliphatic heterocycles. The van der Waals surface area contributed by atoms with Gasteiger partial charge in [-0.1, -0.05) is 67.9 Å². The fourth-order valence-electron chi connectivity index (χ4n) is 4.33. The van der Waals surface area contributed by atoms with Crippen LogP contribution in [0, 0.1) is 19.8 Å². The Balaban J connectivity index is 1.97. The molecule has 0 aromatic heterocycles. The lowest BCUT2D eigenvalue weighted by molar-refractivity contribution is -0.144. The largest absolute Gasteiger partial charge is 0.444 e. The lowest BCUT2D eigenvalue weighted by Gasteiger charge is -2.36. The van der Waals surface area contributed by atoms with Gasteiger partial charge in [0.1, 0.15) is 17.7 Å². The molecule has 1 aliphatic carbocycles. The minimum atomic E-state index is -0.829. The summed E-state index contributed by atoms with van der Waals surface area (Å²) in [7, 11) is 0. The van der Waals surface area contributed by atoms with E-state index >= 15 is 0 Å². The lowest BCUT2D eigenvalue weighted by atomic mass is 9.94. The summed E-state index contributed by atoms with van der Waals surface area (Å²) in [5.41, 5.74) is 3.03. The van der Waals surface area contributed by atoms with E-state index in [0.29, 0.717) is 6.54 Å². The first-order valence-electron chi connectivity index (χ1n) is 13.1. The molecular formula is C30H41N3O4. The van der Waals surface area contributed by atoms with Crippen LogP contribution in [0.2, 0.25) is 0 Å². The van der Waals surface area contributed by atoms with Crippen LogP contribution in [0.5, 0.6) is 0 Å². The van der Waals surface area contributed by atoms with E-state index in [0.717, 1.165) is 35.1 Å². The van der Waals surface area contributed by atoms with Crippen LogP contribution in [0.25, 0.3) is 0 Å². The van der Waals surface area contributed by atoms with Crippen LogP contribution < -0.4 is 10.6 Å². The summed E-state index contributed by atoms with van der Waals surface area (Å²) < 4.78 is 5.44. The molecule has 0 saturated heterocycles. The molecule has 37 heavy (non-hydrogen) atoms. The van der Waals surface area contributed by atoms with Gasteiger partial charge >= 0.3 is 6.09 Å². The number of aryl methyl sites for hydroxylation is 2. The maximum atomic E-state index is 14.1. The molecule has 3 rings (SSSR count). The highest BCUT2D eigenvalue weighted by atomic mass is 16.6. The molecule has 2 aromatic carbocycles. The van der Waals surface area contributed by atoms with Crippen molar-refractivity contribution in [2.24, 2.45) is 5.92 Å². The normalized spacial score (nSPS) is 15.0. The number of amides is 3. The number of nitrogens with zero attached hydrogens (tertiary/aromatic N) is 1. The molecule has 2 aromatic rings. The van der Waals surface area contributed by atoms with Crippen molar-refractivity contribution in [1.29, 1.82) is 0 Å². The zero-order valence-corrected chi connectivity index (χ0v) is 23.1. The van der Waals surface area contributed by atoms with Crippen LogP contribution in [0.4, 0.5) is 4.79 Å². The number of hydrogen-bond donors (Lipinski definition) is 2. The molecule has 2 unspecified atom stereocenters. The predicted octanol–water partition coefficient (Wildman–Crippen LogP) is 5.20. The van der Waals surface area contributed by atoms with Crippen molar-refractivity contribution in [2.45, 2.75) is 91.6 Å². The molecule has 3 amide bonds. The summed E-state index contributed by atoms with van der Waals surface area (Å²) in [6.45, 7) is 13.4. The standard InChI is InChI=1S/C30H41N3O4/c1-19(2)25(32-29(36)37-30(5,6)7)28(35)33(23-15-16-23)26(24-17-20(3)13-14-21(24)4)27(34)31-18-22-11-9-8-10-12-22/h8-14,17,19,23,25-26H,15-16,18H2,1-7H3,(H,31,34)(H,32,36). The van der Waals surface area contributed by atoms with Crippen molar-refractivity contribution in [1.82, 2.24) is 15.5 Å². The summed E-state index contributed by atoms with van der Waals surface area (Å²) in [6, 6.07) is 14.0. The van der Waals surface area contributed by atoms with E-state index in [1.807, 2.05) is 76.2 Å². The Morgan fingerprint density at radius 3 is 2.24 bits per heavy atom. The van der Waals surface area contributed by atoms with Crippen LogP contribution in [0.1, 0.15) is 75.8 Å². The maximum absolute atomic E-state index is 14.1. The molecule has 7 nitrogen and oxygen atoms in total. The molecular weight excluding hydrogens is 466 g/mol.